The lowest BCUT2D eigenvalue weighted by atomic mass is 9.69. The Hall–Kier alpha value is -1.79. The van der Waals surface area contributed by atoms with Gasteiger partial charge >= 0.3 is 0 Å². The second kappa shape index (κ2) is 11.8. The third-order valence-electron chi connectivity index (χ3n) is 9.85. The number of ether oxygens (including phenoxy) is 2. The number of nitrogens with zero attached hydrogens (tertiary/aromatic N) is 4. The quantitative estimate of drug-likeness (QED) is 0.368. The molecular formula is C28H41ClFN5O5. The van der Waals surface area contributed by atoms with Gasteiger partial charge in [0.15, 0.2) is 5.78 Å². The first-order chi connectivity index (χ1) is 19.3. The van der Waals surface area contributed by atoms with Crippen molar-refractivity contribution < 1.29 is 28.2 Å². The molecule has 2 amide bonds. The molecule has 2 saturated carbocycles. The highest BCUT2D eigenvalue weighted by molar-refractivity contribution is 6.21. The predicted octanol–water partition coefficient (Wildman–Crippen LogP) is 0.390. The lowest BCUT2D eigenvalue weighted by molar-refractivity contribution is -0.211. The first-order valence-electron chi connectivity index (χ1n) is 14.9. The molecule has 4 heterocycles. The third-order valence-corrected chi connectivity index (χ3v) is 10.2. The normalized spacial score (nSPS) is 38.8. The van der Waals surface area contributed by atoms with Crippen LogP contribution in [0.25, 0.3) is 0 Å². The fourth-order valence-electron chi connectivity index (χ4n) is 7.67. The summed E-state index contributed by atoms with van der Waals surface area (Å²) in [6.07, 6.45) is 1.93. The number of alkyl halides is 2. The van der Waals surface area contributed by atoms with Crippen molar-refractivity contribution in [3.8, 4) is 0 Å². The van der Waals surface area contributed by atoms with Crippen molar-refractivity contribution in [1.29, 1.82) is 0 Å². The van der Waals surface area contributed by atoms with Gasteiger partial charge in [0, 0.05) is 82.8 Å². The van der Waals surface area contributed by atoms with Crippen LogP contribution in [-0.4, -0.2) is 145 Å². The molecule has 10 nitrogen and oxygen atoms in total. The third kappa shape index (κ3) is 5.40. The van der Waals surface area contributed by atoms with Crippen molar-refractivity contribution in [1.82, 2.24) is 24.9 Å². The zero-order chi connectivity index (χ0) is 28.0. The minimum absolute atomic E-state index is 0.0160. The number of amides is 2. The Bertz CT molecular complexity index is 1020. The summed E-state index contributed by atoms with van der Waals surface area (Å²) in [6.45, 7) is 7.88. The molecule has 1 N–H and O–H groups in total. The number of fused-ring (bicyclic) bond motifs is 2. The number of hydrogen-bond acceptors (Lipinski definition) is 8. The number of Topliss-reactive ketones (excluding diaryl/α,β-unsaturated/α-hetero) is 1. The summed E-state index contributed by atoms with van der Waals surface area (Å²) < 4.78 is 28.3. The van der Waals surface area contributed by atoms with E-state index in [4.69, 9.17) is 21.1 Å². The molecule has 40 heavy (non-hydrogen) atoms. The summed E-state index contributed by atoms with van der Waals surface area (Å²) in [7, 11) is 0. The van der Waals surface area contributed by atoms with Crippen LogP contribution in [0.1, 0.15) is 32.6 Å². The molecule has 0 radical (unpaired) electrons. The molecule has 0 aromatic carbocycles. The summed E-state index contributed by atoms with van der Waals surface area (Å²) in [5.74, 6) is -1.10. The van der Waals surface area contributed by atoms with Crippen LogP contribution in [0.3, 0.4) is 0 Å². The van der Waals surface area contributed by atoms with E-state index in [2.05, 4.69) is 20.0 Å². The molecule has 12 heteroatoms. The van der Waals surface area contributed by atoms with Crippen molar-refractivity contribution in [2.45, 2.75) is 74.5 Å². The van der Waals surface area contributed by atoms with Gasteiger partial charge in [0.1, 0.15) is 12.3 Å². The molecule has 0 aromatic rings. The average molecular weight is 582 g/mol. The van der Waals surface area contributed by atoms with Gasteiger partial charge in [-0.3, -0.25) is 24.2 Å². The summed E-state index contributed by atoms with van der Waals surface area (Å²) in [5, 5.41) is 2.93. The number of morpholine rings is 2. The smallest absolute Gasteiger partial charge is 0.256 e. The van der Waals surface area contributed by atoms with Crippen LogP contribution in [0, 0.1) is 5.92 Å². The second-order valence-electron chi connectivity index (χ2n) is 12.1. The Morgan fingerprint density at radius 3 is 2.55 bits per heavy atom. The molecule has 6 aliphatic rings. The van der Waals surface area contributed by atoms with E-state index in [0.717, 1.165) is 25.9 Å². The molecule has 2 aliphatic carbocycles. The molecule has 8 unspecified atom stereocenters. The number of rotatable bonds is 5. The lowest BCUT2D eigenvalue weighted by Gasteiger charge is -2.60. The molecule has 8 atom stereocenters. The van der Waals surface area contributed by atoms with Crippen LogP contribution in [0.15, 0.2) is 11.8 Å². The van der Waals surface area contributed by atoms with Crippen molar-refractivity contribution in [3.05, 3.63) is 11.8 Å². The molecule has 6 rings (SSSR count). The van der Waals surface area contributed by atoms with E-state index in [1.165, 1.54) is 0 Å². The average Bonchev–Trinajstić information content (AvgIpc) is 2.96. The van der Waals surface area contributed by atoms with Gasteiger partial charge in [0.2, 0.25) is 5.91 Å². The number of halogens is 2. The van der Waals surface area contributed by atoms with Crippen molar-refractivity contribution in [3.63, 3.8) is 0 Å². The number of ketones is 1. The minimum Gasteiger partial charge on any atom is -0.379 e. The molecule has 4 aliphatic heterocycles. The number of carbonyl (C=O) groups excluding carboxylic acids is 3. The molecule has 0 spiro atoms. The van der Waals surface area contributed by atoms with Crippen molar-refractivity contribution >= 4 is 29.2 Å². The van der Waals surface area contributed by atoms with Gasteiger partial charge in [-0.15, -0.1) is 11.6 Å². The van der Waals surface area contributed by atoms with Gasteiger partial charge in [-0.25, -0.2) is 4.39 Å². The van der Waals surface area contributed by atoms with Gasteiger partial charge in [-0.1, -0.05) is 0 Å². The summed E-state index contributed by atoms with van der Waals surface area (Å²) >= 11 is 6.52. The molecular weight excluding hydrogens is 541 g/mol. The van der Waals surface area contributed by atoms with Crippen molar-refractivity contribution in [2.24, 2.45) is 5.92 Å². The Morgan fingerprint density at radius 2 is 1.82 bits per heavy atom. The Kier molecular flexibility index (Phi) is 8.38. The van der Waals surface area contributed by atoms with Gasteiger partial charge < -0.3 is 24.6 Å². The zero-order valence-electron chi connectivity index (χ0n) is 23.2. The Balaban J connectivity index is 1.23. The first kappa shape index (κ1) is 28.3. The van der Waals surface area contributed by atoms with E-state index >= 15 is 4.39 Å². The number of piperazine rings is 1. The van der Waals surface area contributed by atoms with Gasteiger partial charge in [0.25, 0.3) is 5.91 Å². The van der Waals surface area contributed by atoms with E-state index in [0.29, 0.717) is 65.3 Å². The predicted molar refractivity (Wildman–Crippen MR) is 146 cm³/mol. The largest absolute Gasteiger partial charge is 0.379 e. The van der Waals surface area contributed by atoms with Crippen LogP contribution in [0.2, 0.25) is 0 Å². The summed E-state index contributed by atoms with van der Waals surface area (Å²) in [6, 6.07) is -0.983. The van der Waals surface area contributed by atoms with Crippen LogP contribution < -0.4 is 5.32 Å². The standard InChI is InChI=1S/C28H41ClFN5O5/c1-17(36)33-6-8-34(9-7-33)22-15-19-25-27(24(22)30)40-23-14-18(29)2-3-21(23)35(25)16-20(26(19)37)28(38)31-4-5-32-10-12-39-13-11-32/h16,18-19,21-25,27H,2-15H2,1H3,(H,31,38). The number of nitrogens with one attached hydrogen (secondary N) is 1. The minimum atomic E-state index is -1.28. The summed E-state index contributed by atoms with van der Waals surface area (Å²) in [4.78, 5) is 47.4. The van der Waals surface area contributed by atoms with Gasteiger partial charge in [-0.2, -0.15) is 0 Å². The highest BCUT2D eigenvalue weighted by atomic mass is 35.5. The maximum Gasteiger partial charge on any atom is 0.256 e. The van der Waals surface area contributed by atoms with Crippen LogP contribution in [0.5, 0.6) is 0 Å². The number of carbonyl (C=O) groups is 3. The fourth-order valence-corrected chi connectivity index (χ4v) is 7.97. The molecule has 5 fully saturated rings. The maximum atomic E-state index is 16.4. The SMILES string of the molecule is CC(=O)N1CCN(C2CC3C(=O)C(C(=O)NCCN4CCOCC4)=CN4C5CCC(Cl)CC5OC(C2F)C34)CC1. The molecule has 222 valence electrons. The van der Waals surface area contributed by atoms with E-state index in [9.17, 15) is 14.4 Å². The fraction of sp³-hybridized carbons (Fsp3) is 0.821. The van der Waals surface area contributed by atoms with E-state index in [-0.39, 0.29) is 40.7 Å². The highest BCUT2D eigenvalue weighted by Crippen LogP contribution is 2.47. The van der Waals surface area contributed by atoms with Crippen LogP contribution in [-0.2, 0) is 23.9 Å². The topological polar surface area (TPSA) is 94.7 Å². The van der Waals surface area contributed by atoms with Crippen LogP contribution >= 0.6 is 11.6 Å². The van der Waals surface area contributed by atoms with Gasteiger partial charge in [-0.05, 0) is 25.7 Å². The van der Waals surface area contributed by atoms with E-state index in [1.54, 1.807) is 18.0 Å². The molecule has 0 aromatic heterocycles. The monoisotopic (exact) mass is 581 g/mol. The Morgan fingerprint density at radius 1 is 1.07 bits per heavy atom. The van der Waals surface area contributed by atoms with Gasteiger partial charge in [0.05, 0.1) is 37.0 Å². The second-order valence-corrected chi connectivity index (χ2v) is 12.7. The first-order valence-corrected chi connectivity index (χ1v) is 15.3. The maximum absolute atomic E-state index is 16.4. The lowest BCUT2D eigenvalue weighted by Crippen LogP contribution is -2.72. The Labute approximate surface area is 240 Å². The molecule has 0 bridgehead atoms. The van der Waals surface area contributed by atoms with E-state index < -0.39 is 30.3 Å². The van der Waals surface area contributed by atoms with Crippen LogP contribution in [0.4, 0.5) is 4.39 Å². The van der Waals surface area contributed by atoms with Crippen molar-refractivity contribution in [2.75, 3.05) is 65.6 Å². The zero-order valence-corrected chi connectivity index (χ0v) is 23.9. The number of hydrogen-bond donors (Lipinski definition) is 1. The highest BCUT2D eigenvalue weighted by Gasteiger charge is 2.59. The molecule has 3 saturated heterocycles. The summed E-state index contributed by atoms with van der Waals surface area (Å²) in [5.41, 5.74) is 0.160. The van der Waals surface area contributed by atoms with E-state index in [1.807, 2.05) is 0 Å².